The van der Waals surface area contributed by atoms with Gasteiger partial charge in [-0.2, -0.15) is 0 Å². The molecule has 5 nitrogen and oxygen atoms in total. The lowest BCUT2D eigenvalue weighted by atomic mass is 9.88. The van der Waals surface area contributed by atoms with Gasteiger partial charge in [-0.25, -0.2) is 4.98 Å². The van der Waals surface area contributed by atoms with Gasteiger partial charge in [0.25, 0.3) is 6.33 Å². The van der Waals surface area contributed by atoms with Crippen LogP contribution in [0.4, 0.5) is 0 Å². The van der Waals surface area contributed by atoms with E-state index < -0.39 is 116 Å². The van der Waals surface area contributed by atoms with E-state index in [-0.39, 0.29) is 50.4 Å². The van der Waals surface area contributed by atoms with Crippen molar-refractivity contribution >= 4 is 21.8 Å². The predicted octanol–water partition coefficient (Wildman–Crippen LogP) is 14.4. The van der Waals surface area contributed by atoms with Gasteiger partial charge in [-0.15, -0.1) is 0 Å². The van der Waals surface area contributed by atoms with Crippen molar-refractivity contribution in [1.29, 1.82) is 0 Å². The lowest BCUT2D eigenvalue weighted by Gasteiger charge is -2.20. The number of hydrogen-bond donors (Lipinski definition) is 0. The highest BCUT2D eigenvalue weighted by atomic mass is 16.5. The molecule has 63 heavy (non-hydrogen) atoms. The van der Waals surface area contributed by atoms with Crippen molar-refractivity contribution in [3.05, 3.63) is 210 Å². The normalized spacial score (nSPS) is 17.6. The average Bonchev–Trinajstić information content (AvgIpc) is 1.71. The summed E-state index contributed by atoms with van der Waals surface area (Å²) in [5.41, 5.74) is -1.99. The van der Waals surface area contributed by atoms with Crippen molar-refractivity contribution in [1.82, 2.24) is 14.1 Å². The molecular formula is C58H50N4O. The van der Waals surface area contributed by atoms with Crippen molar-refractivity contribution in [2.75, 3.05) is 0 Å². The Morgan fingerprint density at radius 3 is 1.95 bits per heavy atom. The minimum atomic E-state index is -3.37. The zero-order valence-corrected chi connectivity index (χ0v) is 34.2. The maximum atomic E-state index is 9.00. The van der Waals surface area contributed by atoms with Gasteiger partial charge in [0, 0.05) is 39.5 Å². The molecule has 0 N–H and O–H groups in total. The Hall–Kier alpha value is -7.50. The molecule has 0 saturated heterocycles. The predicted molar refractivity (Wildman–Crippen MR) is 259 cm³/mol. The third kappa shape index (κ3) is 7.19. The summed E-state index contributed by atoms with van der Waals surface area (Å²) >= 11 is 0. The fourth-order valence-electron chi connectivity index (χ4n) is 7.87. The molecule has 0 radical (unpaired) electrons. The van der Waals surface area contributed by atoms with Gasteiger partial charge in [0.1, 0.15) is 17.3 Å². The molecule has 0 unspecified atom stereocenters. The molecule has 0 aliphatic rings. The number of pyridine rings is 1. The van der Waals surface area contributed by atoms with E-state index in [0.29, 0.717) is 33.2 Å². The van der Waals surface area contributed by atoms with E-state index in [1.807, 2.05) is 37.5 Å². The van der Waals surface area contributed by atoms with E-state index >= 15 is 0 Å². The summed E-state index contributed by atoms with van der Waals surface area (Å²) in [4.78, 5) is 4.79. The zero-order valence-electron chi connectivity index (χ0n) is 56.2. The number of ether oxygens (including phenoxy) is 1. The number of aromatic nitrogens is 4. The van der Waals surface area contributed by atoms with Crippen LogP contribution < -0.4 is 9.30 Å². The van der Waals surface area contributed by atoms with E-state index in [2.05, 4.69) is 6.33 Å². The second-order valence-electron chi connectivity index (χ2n) is 15.9. The number of nitrogens with zero attached hydrogens (tertiary/aromatic N) is 4. The van der Waals surface area contributed by atoms with Crippen LogP contribution in [-0.2, 0) is 5.41 Å². The third-order valence-electron chi connectivity index (χ3n) is 10.9. The van der Waals surface area contributed by atoms with E-state index in [0.717, 1.165) is 14.7 Å². The largest absolute Gasteiger partial charge is 0.458 e. The Balaban J connectivity index is 1.20. The molecule has 0 amide bonds. The Bertz CT molecular complexity index is 4210. The number of benzene rings is 7. The lowest BCUT2D eigenvalue weighted by Crippen LogP contribution is -2.34. The Morgan fingerprint density at radius 1 is 0.635 bits per heavy atom. The van der Waals surface area contributed by atoms with Crippen molar-refractivity contribution in [2.24, 2.45) is 0 Å². The van der Waals surface area contributed by atoms with Gasteiger partial charge in [-0.3, -0.25) is 13.7 Å². The number of rotatable bonds is 8. The highest BCUT2D eigenvalue weighted by molar-refractivity contribution is 6.10. The van der Waals surface area contributed by atoms with Crippen LogP contribution >= 0.6 is 0 Å². The van der Waals surface area contributed by atoms with Crippen molar-refractivity contribution in [2.45, 2.75) is 53.6 Å². The number of fused-ring (bicyclic) bond motifs is 3. The molecule has 0 atom stereocenters. The van der Waals surface area contributed by atoms with Crippen LogP contribution in [0, 0.1) is 33.7 Å². The van der Waals surface area contributed by atoms with Gasteiger partial charge < -0.3 is 4.74 Å². The molecule has 3 aromatic heterocycles. The first-order valence-electron chi connectivity index (χ1n) is 30.9. The van der Waals surface area contributed by atoms with E-state index in [1.165, 1.54) is 54.6 Å². The van der Waals surface area contributed by atoms with Crippen molar-refractivity contribution in [3.63, 3.8) is 0 Å². The van der Waals surface area contributed by atoms with Gasteiger partial charge in [0.2, 0.25) is 0 Å². The van der Waals surface area contributed by atoms with Gasteiger partial charge >= 0.3 is 0 Å². The van der Waals surface area contributed by atoms with Crippen LogP contribution in [0.5, 0.6) is 11.5 Å². The fraction of sp³-hybridized carbons (Fsp3) is 0.138. The maximum absolute atomic E-state index is 9.00. The third-order valence-corrected chi connectivity index (χ3v) is 10.9. The summed E-state index contributed by atoms with van der Waals surface area (Å²) in [5.74, 6) is 0.790. The molecule has 0 saturated carbocycles. The Labute approximate surface area is 401 Å². The van der Waals surface area contributed by atoms with Gasteiger partial charge in [-0.05, 0) is 131 Å². The minimum absolute atomic E-state index is 0.0304. The van der Waals surface area contributed by atoms with E-state index in [9.17, 15) is 0 Å². The molecular weight excluding hydrogens is 769 g/mol. The summed E-state index contributed by atoms with van der Waals surface area (Å²) in [5, 5.41) is 1.39. The molecule has 5 heteroatoms. The van der Waals surface area contributed by atoms with Crippen LogP contribution in [-0.4, -0.2) is 14.1 Å². The van der Waals surface area contributed by atoms with Crippen molar-refractivity contribution < 1.29 is 39.5 Å². The van der Waals surface area contributed by atoms with Gasteiger partial charge in [0.15, 0.2) is 0 Å². The molecule has 0 fully saturated rings. The highest BCUT2D eigenvalue weighted by Gasteiger charge is 2.22. The van der Waals surface area contributed by atoms with E-state index in [4.69, 9.17) is 39.9 Å². The summed E-state index contributed by atoms with van der Waals surface area (Å²) < 4.78 is 201. The first kappa shape index (κ1) is 22.0. The standard InChI is InChI=1S/C58H50N4O/c1-38-17-14-18-39(2)56(38)44-27-29-51-52-30-28-48(36-54(52)62(53(51)33-44)55-34-45(31-32-59-55)58(5,6)7)63-47-24-15-23-46(35-47)60-37-61(41(4)40(60)3)57-49(42-19-10-8-11-20-42)25-16-26-50(57)43-21-12-9-13-22-43/h8-36H,1-7H3/i1D3,2D3,3D3,4D3,8D,9D,10D,11D,12D,13D,19D,20D,21D,22D. The fourth-order valence-corrected chi connectivity index (χ4v) is 7.87. The number of para-hydroxylation sites is 1. The molecule has 0 aliphatic heterocycles. The van der Waals surface area contributed by atoms with Crippen LogP contribution in [0.15, 0.2) is 176 Å². The molecule has 0 aliphatic carbocycles. The van der Waals surface area contributed by atoms with Crippen LogP contribution in [0.1, 0.15) is 79.0 Å². The smallest absolute Gasteiger partial charge is 0.269 e. The lowest BCUT2D eigenvalue weighted by molar-refractivity contribution is -0.604. The van der Waals surface area contributed by atoms with Crippen molar-refractivity contribution in [3.8, 4) is 62.1 Å². The molecule has 308 valence electrons. The monoisotopic (exact) mass is 841 g/mol. The SMILES string of the molecule is [2H]c1c([2H])c([2H])c(-c2cccc(-c3c([2H])c([2H])c([2H])c([2H])c3[2H])c2-[n+]2[c-]n(-c3cccc(Oc4ccc5c6ccc(-c7c(C([2H])([2H])[2H])cccc7C([2H])([2H])[2H])cc6n(-c6cc(C(C)(C)C)ccn6)c5c4)c3)c(C([2H])([2H])[2H])c2C([2H])([2H])[2H])c([2H])c1[2H]. The molecule has 10 aromatic rings. The maximum Gasteiger partial charge on any atom is 0.269 e. The molecule has 10 rings (SSSR count). The molecule has 7 aromatic carbocycles. The van der Waals surface area contributed by atoms with E-state index in [1.54, 1.807) is 48.7 Å². The van der Waals surface area contributed by atoms with Crippen LogP contribution in [0.3, 0.4) is 0 Å². The topological polar surface area (TPSA) is 35.9 Å². The minimum Gasteiger partial charge on any atom is -0.458 e. The highest BCUT2D eigenvalue weighted by Crippen LogP contribution is 2.39. The van der Waals surface area contributed by atoms with Gasteiger partial charge in [0.05, 0.1) is 47.5 Å². The van der Waals surface area contributed by atoms with Crippen LogP contribution in [0.25, 0.3) is 72.4 Å². The quantitative estimate of drug-likeness (QED) is 0.113. The Kier molecular flexibility index (Phi) is 5.51. The summed E-state index contributed by atoms with van der Waals surface area (Å²) in [6.07, 6.45) is 4.53. The number of aryl methyl sites for hydroxylation is 2. The number of hydrogen-bond acceptors (Lipinski definition) is 2. The zero-order chi connectivity index (χ0) is 62.1. The summed E-state index contributed by atoms with van der Waals surface area (Å²) in [7, 11) is 0. The molecule has 3 heterocycles. The first-order chi connectivity index (χ1) is 39.5. The number of imidazole rings is 1. The molecule has 0 bridgehead atoms. The summed E-state index contributed by atoms with van der Waals surface area (Å²) in [6, 6.07) is 20.5. The summed E-state index contributed by atoms with van der Waals surface area (Å²) in [6.45, 7) is -5.89. The average molecular weight is 841 g/mol. The van der Waals surface area contributed by atoms with Gasteiger partial charge in [-0.1, -0.05) is 136 Å². The molecule has 0 spiro atoms. The first-order valence-corrected chi connectivity index (χ1v) is 19.9. The second kappa shape index (κ2) is 15.8. The van der Waals surface area contributed by atoms with Crippen LogP contribution in [0.2, 0.25) is 0 Å². The second-order valence-corrected chi connectivity index (χ2v) is 15.9. The Morgan fingerprint density at radius 2 is 1.29 bits per heavy atom.